The number of alkyl halides is 3. The molecule has 0 aliphatic rings. The van der Waals surface area contributed by atoms with Crippen molar-refractivity contribution in [3.8, 4) is 0 Å². The van der Waals surface area contributed by atoms with Crippen LogP contribution in [-0.4, -0.2) is 24.7 Å². The van der Waals surface area contributed by atoms with Gasteiger partial charge < -0.3 is 9.53 Å². The Labute approximate surface area is 87.8 Å². The maximum Gasteiger partial charge on any atom is 0.394 e. The molecule has 5 heteroatoms. The third kappa shape index (κ3) is 4.64. The Balaban J connectivity index is 4.44. The van der Waals surface area contributed by atoms with E-state index < -0.39 is 18.2 Å². The average molecular weight is 226 g/mol. The van der Waals surface area contributed by atoms with Gasteiger partial charge in [0, 0.05) is 0 Å². The van der Waals surface area contributed by atoms with E-state index in [-0.39, 0.29) is 18.3 Å². The molecule has 0 aliphatic heterocycles. The Morgan fingerprint density at radius 2 is 1.60 bits per heavy atom. The van der Waals surface area contributed by atoms with E-state index >= 15 is 0 Å². The first-order valence-corrected chi connectivity index (χ1v) is 4.87. The predicted octanol–water partition coefficient (Wildman–Crippen LogP) is 2.81. The topological polar surface area (TPSA) is 26.3 Å². The molecule has 0 saturated heterocycles. The zero-order chi connectivity index (χ0) is 12.2. The highest BCUT2D eigenvalue weighted by Gasteiger charge is 2.42. The van der Waals surface area contributed by atoms with Crippen LogP contribution in [0.4, 0.5) is 13.2 Å². The van der Waals surface area contributed by atoms with Crippen LogP contribution in [0.2, 0.25) is 0 Å². The Morgan fingerprint density at radius 1 is 1.13 bits per heavy atom. The summed E-state index contributed by atoms with van der Waals surface area (Å²) in [6, 6.07) is 0. The SMILES string of the molecule is CC(C)C(C)OC(C=O)C(C)C(F)(F)F. The lowest BCUT2D eigenvalue weighted by Gasteiger charge is -2.26. The summed E-state index contributed by atoms with van der Waals surface area (Å²) < 4.78 is 42.0. The lowest BCUT2D eigenvalue weighted by molar-refractivity contribution is -0.206. The number of carbonyl (C=O) groups excluding carboxylic acids is 1. The van der Waals surface area contributed by atoms with Crippen molar-refractivity contribution in [2.75, 3.05) is 0 Å². The van der Waals surface area contributed by atoms with Crippen LogP contribution in [0, 0.1) is 11.8 Å². The fraction of sp³-hybridized carbons (Fsp3) is 0.900. The second-order valence-corrected chi connectivity index (χ2v) is 4.02. The number of halogens is 3. The van der Waals surface area contributed by atoms with Gasteiger partial charge in [-0.05, 0) is 12.8 Å². The van der Waals surface area contributed by atoms with Crippen molar-refractivity contribution in [2.45, 2.75) is 46.1 Å². The van der Waals surface area contributed by atoms with Crippen molar-refractivity contribution in [3.63, 3.8) is 0 Å². The van der Waals surface area contributed by atoms with Crippen molar-refractivity contribution < 1.29 is 22.7 Å². The van der Waals surface area contributed by atoms with Gasteiger partial charge >= 0.3 is 6.18 Å². The molecule has 0 rings (SSSR count). The van der Waals surface area contributed by atoms with Crippen molar-refractivity contribution in [1.29, 1.82) is 0 Å². The van der Waals surface area contributed by atoms with Crippen LogP contribution in [0.5, 0.6) is 0 Å². The zero-order valence-corrected chi connectivity index (χ0v) is 9.34. The fourth-order valence-electron chi connectivity index (χ4n) is 0.859. The quantitative estimate of drug-likeness (QED) is 0.674. The summed E-state index contributed by atoms with van der Waals surface area (Å²) in [5.41, 5.74) is 0. The molecule has 0 bridgehead atoms. The molecule has 90 valence electrons. The number of hydrogen-bond acceptors (Lipinski definition) is 2. The van der Waals surface area contributed by atoms with Crippen molar-refractivity contribution in [1.82, 2.24) is 0 Å². The molecule has 0 aromatic carbocycles. The number of carbonyl (C=O) groups is 1. The molecule has 0 aromatic rings. The highest BCUT2D eigenvalue weighted by molar-refractivity contribution is 5.56. The van der Waals surface area contributed by atoms with Gasteiger partial charge in [-0.1, -0.05) is 20.8 Å². The first-order valence-electron chi connectivity index (χ1n) is 4.87. The second kappa shape index (κ2) is 5.49. The molecule has 0 heterocycles. The molecule has 0 radical (unpaired) electrons. The van der Waals surface area contributed by atoms with Crippen molar-refractivity contribution >= 4 is 6.29 Å². The Kier molecular flexibility index (Phi) is 5.28. The van der Waals surface area contributed by atoms with Gasteiger partial charge in [-0.15, -0.1) is 0 Å². The van der Waals surface area contributed by atoms with Gasteiger partial charge in [0.15, 0.2) is 0 Å². The van der Waals surface area contributed by atoms with Crippen LogP contribution in [0.1, 0.15) is 27.7 Å². The van der Waals surface area contributed by atoms with Gasteiger partial charge in [0.2, 0.25) is 0 Å². The van der Waals surface area contributed by atoms with Gasteiger partial charge in [0.25, 0.3) is 0 Å². The number of ether oxygens (including phenoxy) is 1. The van der Waals surface area contributed by atoms with Gasteiger partial charge in [-0.3, -0.25) is 0 Å². The standard InChI is InChI=1S/C10H17F3O2/c1-6(2)8(4)15-9(5-14)7(3)10(11,12)13/h5-9H,1-4H3. The molecule has 3 unspecified atom stereocenters. The summed E-state index contributed by atoms with van der Waals surface area (Å²) in [7, 11) is 0. The molecule has 0 saturated carbocycles. The molecule has 0 amide bonds. The van der Waals surface area contributed by atoms with Gasteiger partial charge in [-0.25, -0.2) is 0 Å². The second-order valence-electron chi connectivity index (χ2n) is 4.02. The minimum absolute atomic E-state index is 0.0767. The van der Waals surface area contributed by atoms with E-state index in [1.54, 1.807) is 6.92 Å². The fourth-order valence-corrected chi connectivity index (χ4v) is 0.859. The molecule has 0 aromatic heterocycles. The molecule has 0 N–H and O–H groups in total. The Morgan fingerprint density at radius 3 is 1.87 bits per heavy atom. The largest absolute Gasteiger partial charge is 0.394 e. The summed E-state index contributed by atoms with van der Waals surface area (Å²) in [5, 5.41) is 0. The first kappa shape index (κ1) is 14.4. The summed E-state index contributed by atoms with van der Waals surface area (Å²) in [5.74, 6) is -1.69. The van der Waals surface area contributed by atoms with Crippen LogP contribution in [0.3, 0.4) is 0 Å². The number of rotatable bonds is 5. The van der Waals surface area contributed by atoms with Gasteiger partial charge in [-0.2, -0.15) is 13.2 Å². The van der Waals surface area contributed by atoms with Crippen LogP contribution in [-0.2, 0) is 9.53 Å². The highest BCUT2D eigenvalue weighted by atomic mass is 19.4. The summed E-state index contributed by atoms with van der Waals surface area (Å²) in [4.78, 5) is 10.5. The Hall–Kier alpha value is -0.580. The first-order chi connectivity index (χ1) is 6.70. The molecular weight excluding hydrogens is 209 g/mol. The zero-order valence-electron chi connectivity index (χ0n) is 9.34. The molecular formula is C10H17F3O2. The molecule has 0 spiro atoms. The third-order valence-electron chi connectivity index (χ3n) is 2.45. The Bertz CT molecular complexity index is 201. The number of aldehydes is 1. The summed E-state index contributed by atoms with van der Waals surface area (Å²) in [6.07, 6.45) is -5.97. The smallest absolute Gasteiger partial charge is 0.367 e. The predicted molar refractivity (Wildman–Crippen MR) is 50.5 cm³/mol. The van der Waals surface area contributed by atoms with E-state index in [2.05, 4.69) is 0 Å². The summed E-state index contributed by atoms with van der Waals surface area (Å²) in [6.45, 7) is 6.26. The van der Waals surface area contributed by atoms with Crippen molar-refractivity contribution in [3.05, 3.63) is 0 Å². The van der Waals surface area contributed by atoms with Crippen LogP contribution < -0.4 is 0 Å². The molecule has 3 atom stereocenters. The third-order valence-corrected chi connectivity index (χ3v) is 2.45. The summed E-state index contributed by atoms with van der Waals surface area (Å²) >= 11 is 0. The molecule has 0 aliphatic carbocycles. The van der Waals surface area contributed by atoms with E-state index in [1.807, 2.05) is 13.8 Å². The number of hydrogen-bond donors (Lipinski definition) is 0. The van der Waals surface area contributed by atoms with E-state index in [0.717, 1.165) is 6.92 Å². The van der Waals surface area contributed by atoms with E-state index in [0.29, 0.717) is 0 Å². The minimum Gasteiger partial charge on any atom is -0.367 e. The van der Waals surface area contributed by atoms with Crippen LogP contribution in [0.15, 0.2) is 0 Å². The normalized spacial score (nSPS) is 18.7. The average Bonchev–Trinajstić information content (AvgIpc) is 2.10. The lowest BCUT2D eigenvalue weighted by Crippen LogP contribution is -2.37. The maximum absolute atomic E-state index is 12.3. The van der Waals surface area contributed by atoms with E-state index in [9.17, 15) is 18.0 Å². The monoisotopic (exact) mass is 226 g/mol. The van der Waals surface area contributed by atoms with E-state index in [1.165, 1.54) is 0 Å². The van der Waals surface area contributed by atoms with Crippen LogP contribution >= 0.6 is 0 Å². The van der Waals surface area contributed by atoms with Gasteiger partial charge in [0.1, 0.15) is 12.4 Å². The van der Waals surface area contributed by atoms with Crippen molar-refractivity contribution in [2.24, 2.45) is 11.8 Å². The van der Waals surface area contributed by atoms with Gasteiger partial charge in [0.05, 0.1) is 12.0 Å². The molecule has 2 nitrogen and oxygen atoms in total. The van der Waals surface area contributed by atoms with E-state index in [4.69, 9.17) is 4.74 Å². The highest BCUT2D eigenvalue weighted by Crippen LogP contribution is 2.30. The minimum atomic E-state index is -4.40. The lowest BCUT2D eigenvalue weighted by atomic mass is 10.0. The molecule has 15 heavy (non-hydrogen) atoms. The maximum atomic E-state index is 12.3. The molecule has 0 fully saturated rings. The van der Waals surface area contributed by atoms with Crippen LogP contribution in [0.25, 0.3) is 0 Å².